The predicted molar refractivity (Wildman–Crippen MR) is 135 cm³/mol. The Hall–Kier alpha value is -4.31. The number of nitrogens with one attached hydrogen (secondary N) is 2. The summed E-state index contributed by atoms with van der Waals surface area (Å²) < 4.78 is 7.79. The van der Waals surface area contributed by atoms with Crippen LogP contribution in [0.1, 0.15) is 12.5 Å². The fraction of sp³-hybridized carbons (Fsp3) is 0.240. The van der Waals surface area contributed by atoms with Gasteiger partial charge < -0.3 is 20.3 Å². The third kappa shape index (κ3) is 4.19. The molecule has 10 heteroatoms. The second kappa shape index (κ2) is 8.80. The molecule has 6 rings (SSSR count). The van der Waals surface area contributed by atoms with E-state index in [1.165, 1.54) is 6.33 Å². The minimum absolute atomic E-state index is 0.371. The molecule has 0 unspecified atom stereocenters. The molecule has 0 aliphatic carbocycles. The maximum absolute atomic E-state index is 6.10. The van der Waals surface area contributed by atoms with Crippen LogP contribution in [0, 0.1) is 6.92 Å². The SMILES string of the molecule is Cc1cc(Nc2ncnc3ccc(N4CCNC[C@@H]4C)nc23)ccc1Oc1ccn2ncnc2c1. The number of hydrogen-bond donors (Lipinski definition) is 2. The summed E-state index contributed by atoms with van der Waals surface area (Å²) in [5, 5.41) is 11.0. The van der Waals surface area contributed by atoms with E-state index in [9.17, 15) is 0 Å². The molecule has 4 aromatic heterocycles. The van der Waals surface area contributed by atoms with Crippen molar-refractivity contribution < 1.29 is 4.74 Å². The predicted octanol–water partition coefficient (Wildman–Crippen LogP) is 3.71. The van der Waals surface area contributed by atoms with Gasteiger partial charge in [-0.05, 0) is 55.8 Å². The third-order valence-electron chi connectivity index (χ3n) is 6.18. The molecule has 0 saturated carbocycles. The molecule has 2 N–H and O–H groups in total. The molecule has 5 aromatic rings. The van der Waals surface area contributed by atoms with E-state index in [0.29, 0.717) is 17.6 Å². The van der Waals surface area contributed by atoms with Gasteiger partial charge in [0, 0.05) is 43.6 Å². The van der Waals surface area contributed by atoms with E-state index in [-0.39, 0.29) is 0 Å². The number of pyridine rings is 2. The number of nitrogens with zero attached hydrogens (tertiary/aromatic N) is 7. The van der Waals surface area contributed by atoms with Gasteiger partial charge in [-0.25, -0.2) is 24.5 Å². The van der Waals surface area contributed by atoms with E-state index in [4.69, 9.17) is 9.72 Å². The fourth-order valence-corrected chi connectivity index (χ4v) is 4.33. The van der Waals surface area contributed by atoms with Crippen molar-refractivity contribution in [2.75, 3.05) is 29.9 Å². The smallest absolute Gasteiger partial charge is 0.160 e. The minimum Gasteiger partial charge on any atom is -0.457 e. The van der Waals surface area contributed by atoms with E-state index in [1.807, 2.05) is 55.6 Å². The first-order valence-electron chi connectivity index (χ1n) is 11.6. The van der Waals surface area contributed by atoms with E-state index < -0.39 is 0 Å². The van der Waals surface area contributed by atoms with Crippen molar-refractivity contribution in [2.24, 2.45) is 0 Å². The van der Waals surface area contributed by atoms with Gasteiger partial charge in [-0.2, -0.15) is 5.10 Å². The standard InChI is InChI=1S/C25H25N9O/c1-16-11-18(3-5-21(16)35-19-7-9-34-23(12-19)28-15-30-34)31-25-24-20(27-14-29-25)4-6-22(32-24)33-10-8-26-13-17(33)2/h3-7,9,11-12,14-15,17,26H,8,10,13H2,1-2H3,(H,27,29,31)/t17-/m0/s1. The summed E-state index contributed by atoms with van der Waals surface area (Å²) in [7, 11) is 0. The Morgan fingerprint density at radius 2 is 2.00 bits per heavy atom. The molecular formula is C25H25N9O. The summed E-state index contributed by atoms with van der Waals surface area (Å²) in [4.78, 5) is 20.4. The molecule has 1 aliphatic heterocycles. The number of fused-ring (bicyclic) bond motifs is 2. The lowest BCUT2D eigenvalue weighted by molar-refractivity contribution is 0.478. The highest BCUT2D eigenvalue weighted by molar-refractivity contribution is 5.88. The van der Waals surface area contributed by atoms with Gasteiger partial charge in [0.25, 0.3) is 0 Å². The Balaban J connectivity index is 1.26. The van der Waals surface area contributed by atoms with Gasteiger partial charge >= 0.3 is 0 Å². The van der Waals surface area contributed by atoms with Gasteiger partial charge in [-0.1, -0.05) is 0 Å². The Morgan fingerprint density at radius 1 is 1.06 bits per heavy atom. The zero-order valence-corrected chi connectivity index (χ0v) is 19.5. The zero-order chi connectivity index (χ0) is 23.8. The minimum atomic E-state index is 0.371. The second-order valence-corrected chi connectivity index (χ2v) is 8.64. The quantitative estimate of drug-likeness (QED) is 0.400. The molecule has 1 aromatic carbocycles. The van der Waals surface area contributed by atoms with Crippen molar-refractivity contribution in [1.82, 2.24) is 34.9 Å². The van der Waals surface area contributed by atoms with Crippen LogP contribution in [-0.2, 0) is 0 Å². The molecule has 1 atom stereocenters. The number of anilines is 3. The molecule has 176 valence electrons. The zero-order valence-electron chi connectivity index (χ0n) is 19.5. The summed E-state index contributed by atoms with van der Waals surface area (Å²) in [5.41, 5.74) is 4.16. The summed E-state index contributed by atoms with van der Waals surface area (Å²) in [6, 6.07) is 14.1. The maximum atomic E-state index is 6.10. The largest absolute Gasteiger partial charge is 0.457 e. The Bertz CT molecular complexity index is 1520. The monoisotopic (exact) mass is 467 g/mol. The maximum Gasteiger partial charge on any atom is 0.160 e. The van der Waals surface area contributed by atoms with Crippen LogP contribution < -0.4 is 20.3 Å². The second-order valence-electron chi connectivity index (χ2n) is 8.64. The molecule has 1 fully saturated rings. The Kier molecular flexibility index (Phi) is 5.34. The molecule has 1 saturated heterocycles. The van der Waals surface area contributed by atoms with Crippen LogP contribution in [0.15, 0.2) is 61.3 Å². The topological polar surface area (TPSA) is 105 Å². The van der Waals surface area contributed by atoms with Gasteiger partial charge in [-0.3, -0.25) is 0 Å². The van der Waals surface area contributed by atoms with Crippen molar-refractivity contribution >= 4 is 34.0 Å². The van der Waals surface area contributed by atoms with Crippen molar-refractivity contribution in [3.8, 4) is 11.5 Å². The average molecular weight is 468 g/mol. The van der Waals surface area contributed by atoms with E-state index in [2.05, 4.69) is 42.5 Å². The molecular weight excluding hydrogens is 442 g/mol. The van der Waals surface area contributed by atoms with Crippen LogP contribution in [0.5, 0.6) is 11.5 Å². The van der Waals surface area contributed by atoms with Gasteiger partial charge in [0.2, 0.25) is 0 Å². The lowest BCUT2D eigenvalue weighted by atomic mass is 10.2. The number of hydrogen-bond acceptors (Lipinski definition) is 9. The van der Waals surface area contributed by atoms with Crippen LogP contribution in [0.2, 0.25) is 0 Å². The molecule has 0 amide bonds. The lowest BCUT2D eigenvalue weighted by Gasteiger charge is -2.35. The molecule has 0 bridgehead atoms. The Morgan fingerprint density at radius 3 is 2.89 bits per heavy atom. The number of ether oxygens (including phenoxy) is 1. The summed E-state index contributed by atoms with van der Waals surface area (Å²) in [6.07, 6.45) is 4.90. The first kappa shape index (κ1) is 21.2. The van der Waals surface area contributed by atoms with Crippen molar-refractivity contribution in [3.63, 3.8) is 0 Å². The lowest BCUT2D eigenvalue weighted by Crippen LogP contribution is -2.50. The highest BCUT2D eigenvalue weighted by Crippen LogP contribution is 2.30. The third-order valence-corrected chi connectivity index (χ3v) is 6.18. The molecule has 1 aliphatic rings. The molecule has 10 nitrogen and oxygen atoms in total. The number of rotatable bonds is 5. The summed E-state index contributed by atoms with van der Waals surface area (Å²) >= 11 is 0. The van der Waals surface area contributed by atoms with Gasteiger partial charge in [0.15, 0.2) is 11.5 Å². The number of piperazine rings is 1. The summed E-state index contributed by atoms with van der Waals surface area (Å²) in [6.45, 7) is 7.02. The van der Waals surface area contributed by atoms with Crippen LogP contribution >= 0.6 is 0 Å². The van der Waals surface area contributed by atoms with E-state index in [0.717, 1.165) is 59.1 Å². The number of benzene rings is 1. The normalized spacial score (nSPS) is 16.1. The van der Waals surface area contributed by atoms with E-state index in [1.54, 1.807) is 10.8 Å². The first-order valence-corrected chi connectivity index (χ1v) is 11.6. The Labute approximate surface area is 202 Å². The van der Waals surface area contributed by atoms with Crippen molar-refractivity contribution in [3.05, 3.63) is 66.9 Å². The number of aromatic nitrogens is 6. The van der Waals surface area contributed by atoms with Gasteiger partial charge in [-0.15, -0.1) is 0 Å². The summed E-state index contributed by atoms with van der Waals surface area (Å²) in [5.74, 6) is 3.08. The highest BCUT2D eigenvalue weighted by Gasteiger charge is 2.20. The first-order chi connectivity index (χ1) is 17.1. The number of aryl methyl sites for hydroxylation is 1. The molecule has 0 spiro atoms. The van der Waals surface area contributed by atoms with Crippen LogP contribution in [0.4, 0.5) is 17.3 Å². The van der Waals surface area contributed by atoms with Crippen LogP contribution in [0.3, 0.4) is 0 Å². The van der Waals surface area contributed by atoms with E-state index >= 15 is 0 Å². The molecule has 35 heavy (non-hydrogen) atoms. The average Bonchev–Trinajstić information content (AvgIpc) is 3.34. The fourth-order valence-electron chi connectivity index (χ4n) is 4.33. The van der Waals surface area contributed by atoms with Crippen LogP contribution in [0.25, 0.3) is 16.7 Å². The van der Waals surface area contributed by atoms with Gasteiger partial charge in [0.1, 0.15) is 35.5 Å². The molecule has 0 radical (unpaired) electrons. The molecule has 5 heterocycles. The van der Waals surface area contributed by atoms with Crippen molar-refractivity contribution in [1.29, 1.82) is 0 Å². The van der Waals surface area contributed by atoms with Crippen LogP contribution in [-0.4, -0.2) is 55.2 Å². The highest BCUT2D eigenvalue weighted by atomic mass is 16.5. The van der Waals surface area contributed by atoms with Crippen molar-refractivity contribution in [2.45, 2.75) is 19.9 Å². The van der Waals surface area contributed by atoms with Gasteiger partial charge in [0.05, 0.1) is 5.52 Å².